The maximum atomic E-state index is 14.5. The number of alkyl halides is 2. The van der Waals surface area contributed by atoms with E-state index in [0.29, 0.717) is 11.4 Å². The maximum Gasteiger partial charge on any atom is 0.310 e. The molecule has 0 unspecified atom stereocenters. The van der Waals surface area contributed by atoms with E-state index in [9.17, 15) is 28.3 Å². The van der Waals surface area contributed by atoms with Crippen LogP contribution in [-0.4, -0.2) is 61.0 Å². The van der Waals surface area contributed by atoms with Crippen molar-refractivity contribution < 1.29 is 33.0 Å². The molecular weight excluding hydrogens is 567 g/mol. The number of carbonyl (C=O) groups excluding carboxylic acids is 2. The molecule has 2 aliphatic rings. The second kappa shape index (κ2) is 10.1. The van der Waals surface area contributed by atoms with Crippen molar-refractivity contribution in [3.05, 3.63) is 51.0 Å². The minimum absolute atomic E-state index is 0.0138. The summed E-state index contributed by atoms with van der Waals surface area (Å²) in [5.41, 5.74) is -1.80. The van der Waals surface area contributed by atoms with Crippen LogP contribution in [0.4, 0.5) is 20.2 Å². The molecule has 0 radical (unpaired) electrons. The van der Waals surface area contributed by atoms with Gasteiger partial charge < -0.3 is 20.1 Å². The average Bonchev–Trinajstić information content (AvgIpc) is 3.34. The van der Waals surface area contributed by atoms with E-state index < -0.39 is 54.0 Å². The largest absolute Gasteiger partial charge is 0.497 e. The molecule has 2 aliphatic heterocycles. The topological polar surface area (TPSA) is 99.2 Å². The third kappa shape index (κ3) is 4.68. The zero-order chi connectivity index (χ0) is 28.2. The number of ether oxygens (including phenoxy) is 1. The molecule has 204 valence electrons. The van der Waals surface area contributed by atoms with Gasteiger partial charge in [-0.05, 0) is 24.3 Å². The minimum atomic E-state index is -3.18. The van der Waals surface area contributed by atoms with Crippen LogP contribution in [-0.2, 0) is 19.9 Å². The number of likely N-dealkylation sites (tertiary alicyclic amines) is 1. The summed E-state index contributed by atoms with van der Waals surface area (Å²) in [5, 5.41) is 13.4. The Morgan fingerprint density at radius 2 is 1.82 bits per heavy atom. The van der Waals surface area contributed by atoms with Crippen LogP contribution in [0.15, 0.2) is 30.3 Å². The number of hydrogen-bond donors (Lipinski definition) is 2. The molecule has 0 bridgehead atoms. The van der Waals surface area contributed by atoms with Crippen molar-refractivity contribution in [2.45, 2.75) is 24.8 Å². The van der Waals surface area contributed by atoms with Crippen molar-refractivity contribution >= 4 is 64.0 Å². The molecule has 2 aromatic rings. The molecule has 38 heavy (non-hydrogen) atoms. The highest BCUT2D eigenvalue weighted by Crippen LogP contribution is 2.53. The number of nitrogens with zero attached hydrogens (tertiary/aromatic N) is 2. The summed E-state index contributed by atoms with van der Waals surface area (Å²) in [5.74, 6) is -9.11. The van der Waals surface area contributed by atoms with Gasteiger partial charge in [-0.3, -0.25) is 19.3 Å². The molecule has 8 nitrogen and oxygen atoms in total. The molecule has 3 atom stereocenters. The molecule has 0 saturated carbocycles. The number of benzene rings is 2. The SMILES string of the molecule is COc1cc(Cl)cc(N(C)C(=O)[C@@H](C)[C@H](C(=O)O)[C@]2(N3CCC(F)(F)C3)C(=O)Nc3c(Cl)cc(Cl)cc32)c1. The van der Waals surface area contributed by atoms with Crippen LogP contribution in [0.1, 0.15) is 18.9 Å². The van der Waals surface area contributed by atoms with Gasteiger partial charge in [-0.15, -0.1) is 0 Å². The summed E-state index contributed by atoms with van der Waals surface area (Å²) in [6.45, 7) is 0.152. The Bertz CT molecular complexity index is 1330. The molecule has 0 spiro atoms. The number of methoxy groups -OCH3 is 1. The van der Waals surface area contributed by atoms with E-state index in [4.69, 9.17) is 39.5 Å². The number of halogens is 5. The van der Waals surface area contributed by atoms with Gasteiger partial charge in [0.1, 0.15) is 11.3 Å². The molecule has 2 aromatic carbocycles. The molecule has 1 saturated heterocycles. The number of carboxylic acid groups (broad SMARTS) is 1. The molecule has 2 heterocycles. The van der Waals surface area contributed by atoms with Gasteiger partial charge in [0.2, 0.25) is 5.91 Å². The number of anilines is 2. The fraction of sp³-hybridized carbons (Fsp3) is 0.400. The van der Waals surface area contributed by atoms with Crippen LogP contribution in [0.5, 0.6) is 5.75 Å². The number of rotatable bonds is 7. The fourth-order valence-corrected chi connectivity index (χ4v) is 6.14. The Morgan fingerprint density at radius 1 is 1.16 bits per heavy atom. The Hall–Kier alpha value is -2.66. The third-order valence-corrected chi connectivity index (χ3v) is 7.87. The molecule has 4 rings (SSSR count). The molecule has 13 heteroatoms. The summed E-state index contributed by atoms with van der Waals surface area (Å²) in [4.78, 5) is 42.7. The lowest BCUT2D eigenvalue weighted by Gasteiger charge is -2.43. The van der Waals surface area contributed by atoms with Gasteiger partial charge in [-0.2, -0.15) is 0 Å². The van der Waals surface area contributed by atoms with Crippen LogP contribution in [0.25, 0.3) is 0 Å². The number of aliphatic carboxylic acids is 1. The molecule has 2 N–H and O–H groups in total. The third-order valence-electron chi connectivity index (χ3n) is 7.13. The first kappa shape index (κ1) is 28.4. The van der Waals surface area contributed by atoms with Crippen molar-refractivity contribution in [3.63, 3.8) is 0 Å². The van der Waals surface area contributed by atoms with Gasteiger partial charge in [0, 0.05) is 47.4 Å². The van der Waals surface area contributed by atoms with Gasteiger partial charge in [0.15, 0.2) is 0 Å². The Morgan fingerprint density at radius 3 is 2.39 bits per heavy atom. The fourth-order valence-electron chi connectivity index (χ4n) is 5.38. The van der Waals surface area contributed by atoms with Crippen molar-refractivity contribution in [2.24, 2.45) is 11.8 Å². The lowest BCUT2D eigenvalue weighted by atomic mass is 9.71. The van der Waals surface area contributed by atoms with E-state index in [1.54, 1.807) is 0 Å². The Balaban J connectivity index is 1.87. The van der Waals surface area contributed by atoms with Crippen molar-refractivity contribution in [1.29, 1.82) is 0 Å². The number of nitrogens with one attached hydrogen (secondary N) is 1. The first-order valence-corrected chi connectivity index (χ1v) is 12.6. The number of fused-ring (bicyclic) bond motifs is 1. The highest BCUT2D eigenvalue weighted by Gasteiger charge is 2.64. The molecular formula is C25H24Cl3F2N3O5. The average molecular weight is 591 g/mol. The van der Waals surface area contributed by atoms with E-state index in [-0.39, 0.29) is 32.9 Å². The zero-order valence-electron chi connectivity index (χ0n) is 20.5. The van der Waals surface area contributed by atoms with Crippen molar-refractivity contribution in [3.8, 4) is 5.75 Å². The molecule has 0 aromatic heterocycles. The maximum absolute atomic E-state index is 14.5. The van der Waals surface area contributed by atoms with Gasteiger partial charge in [0.25, 0.3) is 11.8 Å². The number of carbonyl (C=O) groups is 3. The monoisotopic (exact) mass is 589 g/mol. The number of amides is 2. The lowest BCUT2D eigenvalue weighted by molar-refractivity contribution is -0.160. The summed E-state index contributed by atoms with van der Waals surface area (Å²) in [6, 6.07) is 7.22. The Kier molecular flexibility index (Phi) is 7.57. The summed E-state index contributed by atoms with van der Waals surface area (Å²) < 4.78 is 34.2. The predicted octanol–water partition coefficient (Wildman–Crippen LogP) is 5.14. The molecule has 2 amide bonds. The minimum Gasteiger partial charge on any atom is -0.497 e. The van der Waals surface area contributed by atoms with Crippen LogP contribution in [0.3, 0.4) is 0 Å². The van der Waals surface area contributed by atoms with Crippen molar-refractivity contribution in [2.75, 3.05) is 37.5 Å². The first-order valence-electron chi connectivity index (χ1n) is 11.5. The van der Waals surface area contributed by atoms with Gasteiger partial charge in [0.05, 0.1) is 36.2 Å². The van der Waals surface area contributed by atoms with E-state index in [0.717, 1.165) is 4.90 Å². The van der Waals surface area contributed by atoms with Gasteiger partial charge >= 0.3 is 5.97 Å². The highest BCUT2D eigenvalue weighted by atomic mass is 35.5. The molecule has 0 aliphatic carbocycles. The quantitative estimate of drug-likeness (QED) is 0.463. The highest BCUT2D eigenvalue weighted by molar-refractivity contribution is 6.38. The van der Waals surface area contributed by atoms with Crippen LogP contribution in [0, 0.1) is 11.8 Å². The van der Waals surface area contributed by atoms with Gasteiger partial charge in [-0.25, -0.2) is 8.78 Å². The van der Waals surface area contributed by atoms with E-state index >= 15 is 0 Å². The van der Waals surface area contributed by atoms with Gasteiger partial charge in [-0.1, -0.05) is 41.7 Å². The summed E-state index contributed by atoms with van der Waals surface area (Å²) >= 11 is 18.7. The van der Waals surface area contributed by atoms with E-state index in [1.165, 1.54) is 56.3 Å². The smallest absolute Gasteiger partial charge is 0.310 e. The second-order valence-electron chi connectivity index (χ2n) is 9.41. The summed E-state index contributed by atoms with van der Waals surface area (Å²) in [6.07, 6.45) is -0.595. The van der Waals surface area contributed by atoms with Crippen LogP contribution < -0.4 is 15.0 Å². The Labute approximate surface area is 232 Å². The molecule has 1 fully saturated rings. The standard InChI is InChI=1S/C25H24Cl3F2N3O5/c1-12(21(34)32(2)15-6-13(26)7-16(10-15)38-3)19(22(35)36)25(33-5-4-24(29,30)11-33)17-8-14(27)9-18(28)20(17)31-23(25)37/h6-10,12,19H,4-5,11H2,1-3H3,(H,31,37)(H,35,36)/t12-,19+,25-/m0/s1. The van der Waals surface area contributed by atoms with E-state index in [1.807, 2.05) is 0 Å². The second-order valence-corrected chi connectivity index (χ2v) is 10.7. The number of carboxylic acids is 1. The normalized spacial score (nSPS) is 21.9. The lowest BCUT2D eigenvalue weighted by Crippen LogP contribution is -2.60. The van der Waals surface area contributed by atoms with E-state index in [2.05, 4.69) is 5.32 Å². The number of hydrogen-bond acceptors (Lipinski definition) is 5. The van der Waals surface area contributed by atoms with Crippen LogP contribution in [0.2, 0.25) is 15.1 Å². The first-order chi connectivity index (χ1) is 17.7. The van der Waals surface area contributed by atoms with Crippen molar-refractivity contribution in [1.82, 2.24) is 4.90 Å². The summed E-state index contributed by atoms with van der Waals surface area (Å²) in [7, 11) is 2.83. The van der Waals surface area contributed by atoms with Crippen LogP contribution >= 0.6 is 34.8 Å². The zero-order valence-corrected chi connectivity index (χ0v) is 22.8. The predicted molar refractivity (Wildman–Crippen MR) is 140 cm³/mol.